The molecule has 0 radical (unpaired) electrons. The standard InChI is InChI=1S/C12H9BrFIO2S/c1-17-10-4-9(14)8(13)3-7(10)12(16)6-2-11(15)18-5-6/h2-5,12,16H,1H3. The lowest BCUT2D eigenvalue weighted by atomic mass is 10.0. The first kappa shape index (κ1) is 14.2. The third-order valence-electron chi connectivity index (χ3n) is 2.47. The average molecular weight is 443 g/mol. The molecule has 2 rings (SSSR count). The molecule has 0 saturated heterocycles. The topological polar surface area (TPSA) is 29.5 Å². The molecule has 96 valence electrons. The minimum Gasteiger partial charge on any atom is -0.496 e. The van der Waals surface area contributed by atoms with Gasteiger partial charge in [-0.1, -0.05) is 0 Å². The van der Waals surface area contributed by atoms with Gasteiger partial charge in [0, 0.05) is 11.6 Å². The summed E-state index contributed by atoms with van der Waals surface area (Å²) in [6, 6.07) is 4.70. The van der Waals surface area contributed by atoms with Crippen LogP contribution in [0.5, 0.6) is 5.75 Å². The molecule has 0 fully saturated rings. The van der Waals surface area contributed by atoms with Gasteiger partial charge in [-0.25, -0.2) is 4.39 Å². The smallest absolute Gasteiger partial charge is 0.141 e. The SMILES string of the molecule is COc1cc(F)c(Br)cc1C(O)c1csc(I)c1. The highest BCUT2D eigenvalue weighted by Gasteiger charge is 2.19. The number of methoxy groups -OCH3 is 1. The minimum absolute atomic E-state index is 0.308. The lowest BCUT2D eigenvalue weighted by Gasteiger charge is -2.14. The third-order valence-corrected chi connectivity index (χ3v) is 4.89. The quantitative estimate of drug-likeness (QED) is 0.716. The molecule has 6 heteroatoms. The highest BCUT2D eigenvalue weighted by Crippen LogP contribution is 2.35. The predicted molar refractivity (Wildman–Crippen MR) is 81.7 cm³/mol. The first-order chi connectivity index (χ1) is 8.52. The molecule has 0 bridgehead atoms. The van der Waals surface area contributed by atoms with Crippen molar-refractivity contribution in [1.82, 2.24) is 0 Å². The summed E-state index contributed by atoms with van der Waals surface area (Å²) in [5.41, 5.74) is 1.32. The zero-order chi connectivity index (χ0) is 13.3. The first-order valence-electron chi connectivity index (χ1n) is 4.98. The predicted octanol–water partition coefficient (Wildman–Crippen LogP) is 4.34. The molecule has 0 aliphatic carbocycles. The van der Waals surface area contributed by atoms with E-state index in [4.69, 9.17) is 4.74 Å². The Morgan fingerprint density at radius 3 is 2.72 bits per heavy atom. The van der Waals surface area contributed by atoms with Gasteiger partial charge in [0.2, 0.25) is 0 Å². The van der Waals surface area contributed by atoms with Crippen LogP contribution in [0.15, 0.2) is 28.1 Å². The number of ether oxygens (including phenoxy) is 1. The number of benzene rings is 1. The Hall–Kier alpha value is -0.180. The molecule has 18 heavy (non-hydrogen) atoms. The lowest BCUT2D eigenvalue weighted by molar-refractivity contribution is 0.215. The van der Waals surface area contributed by atoms with Crippen LogP contribution >= 0.6 is 49.9 Å². The van der Waals surface area contributed by atoms with Crippen molar-refractivity contribution in [3.05, 3.63) is 47.9 Å². The van der Waals surface area contributed by atoms with Crippen molar-refractivity contribution in [2.45, 2.75) is 6.10 Å². The van der Waals surface area contributed by atoms with E-state index in [-0.39, 0.29) is 0 Å². The van der Waals surface area contributed by atoms with E-state index < -0.39 is 11.9 Å². The number of aliphatic hydroxyl groups excluding tert-OH is 1. The third kappa shape index (κ3) is 2.87. The van der Waals surface area contributed by atoms with Crippen LogP contribution in [0.4, 0.5) is 4.39 Å². The van der Waals surface area contributed by atoms with Crippen molar-refractivity contribution in [2.24, 2.45) is 0 Å². The van der Waals surface area contributed by atoms with E-state index in [0.717, 1.165) is 8.45 Å². The molecule has 2 nitrogen and oxygen atoms in total. The fourth-order valence-corrected chi connectivity index (χ4v) is 3.33. The van der Waals surface area contributed by atoms with Crippen molar-refractivity contribution in [3.63, 3.8) is 0 Å². The monoisotopic (exact) mass is 442 g/mol. The number of hydrogen-bond acceptors (Lipinski definition) is 3. The van der Waals surface area contributed by atoms with Gasteiger partial charge in [-0.2, -0.15) is 0 Å². The molecule has 0 amide bonds. The van der Waals surface area contributed by atoms with Gasteiger partial charge in [-0.3, -0.25) is 0 Å². The molecule has 1 unspecified atom stereocenters. The van der Waals surface area contributed by atoms with Crippen LogP contribution in [0.3, 0.4) is 0 Å². The van der Waals surface area contributed by atoms with E-state index in [1.165, 1.54) is 13.2 Å². The second-order valence-corrected chi connectivity index (χ2v) is 7.25. The van der Waals surface area contributed by atoms with Gasteiger partial charge in [0.15, 0.2) is 0 Å². The molecule has 1 aromatic heterocycles. The maximum Gasteiger partial charge on any atom is 0.141 e. The Labute approximate surface area is 130 Å². The minimum atomic E-state index is -0.823. The maximum atomic E-state index is 13.4. The normalized spacial score (nSPS) is 12.5. The summed E-state index contributed by atoms with van der Waals surface area (Å²) < 4.78 is 19.9. The Bertz CT molecular complexity index is 573. The van der Waals surface area contributed by atoms with Crippen molar-refractivity contribution in [3.8, 4) is 5.75 Å². The molecule has 0 spiro atoms. The molecule has 0 aliphatic rings. The number of halogens is 3. The average Bonchev–Trinajstić information content (AvgIpc) is 2.78. The largest absolute Gasteiger partial charge is 0.496 e. The molecule has 1 aromatic carbocycles. The summed E-state index contributed by atoms with van der Waals surface area (Å²) in [5, 5.41) is 12.2. The van der Waals surface area contributed by atoms with E-state index in [1.807, 2.05) is 11.4 Å². The second-order valence-electron chi connectivity index (χ2n) is 3.59. The Morgan fingerprint density at radius 1 is 1.44 bits per heavy atom. The zero-order valence-corrected chi connectivity index (χ0v) is 13.8. The Morgan fingerprint density at radius 2 is 2.17 bits per heavy atom. The summed E-state index contributed by atoms with van der Waals surface area (Å²) in [4.78, 5) is 0. The molecule has 2 aromatic rings. The van der Waals surface area contributed by atoms with E-state index in [1.54, 1.807) is 17.4 Å². The number of thiophene rings is 1. The maximum absolute atomic E-state index is 13.4. The number of hydrogen-bond donors (Lipinski definition) is 1. The van der Waals surface area contributed by atoms with Gasteiger partial charge in [0.25, 0.3) is 0 Å². The molecule has 1 heterocycles. The van der Waals surface area contributed by atoms with Gasteiger partial charge in [0.05, 0.1) is 14.5 Å². The van der Waals surface area contributed by atoms with Crippen LogP contribution in [0.1, 0.15) is 17.2 Å². The highest BCUT2D eigenvalue weighted by atomic mass is 127. The number of aliphatic hydroxyl groups is 1. The fraction of sp³-hybridized carbons (Fsp3) is 0.167. The van der Waals surface area contributed by atoms with Gasteiger partial charge < -0.3 is 9.84 Å². The second kappa shape index (κ2) is 5.85. The Kier molecular flexibility index (Phi) is 4.63. The van der Waals surface area contributed by atoms with Crippen LogP contribution in [-0.4, -0.2) is 12.2 Å². The molecule has 0 aliphatic heterocycles. The molecule has 1 N–H and O–H groups in total. The van der Waals surface area contributed by atoms with Gasteiger partial charge >= 0.3 is 0 Å². The molecule has 0 saturated carbocycles. The summed E-state index contributed by atoms with van der Waals surface area (Å²) in [6.07, 6.45) is -0.823. The van der Waals surface area contributed by atoms with Crippen molar-refractivity contribution in [2.75, 3.05) is 7.11 Å². The van der Waals surface area contributed by atoms with Crippen LogP contribution in [0, 0.1) is 8.70 Å². The van der Waals surface area contributed by atoms with Crippen molar-refractivity contribution < 1.29 is 14.2 Å². The van der Waals surface area contributed by atoms with E-state index in [0.29, 0.717) is 15.8 Å². The van der Waals surface area contributed by atoms with Crippen molar-refractivity contribution in [1.29, 1.82) is 0 Å². The van der Waals surface area contributed by atoms with Crippen LogP contribution in [0.25, 0.3) is 0 Å². The van der Waals surface area contributed by atoms with E-state index >= 15 is 0 Å². The van der Waals surface area contributed by atoms with Gasteiger partial charge in [-0.15, -0.1) is 11.3 Å². The summed E-state index contributed by atoms with van der Waals surface area (Å²) in [7, 11) is 1.45. The fourth-order valence-electron chi connectivity index (χ4n) is 1.58. The highest BCUT2D eigenvalue weighted by molar-refractivity contribution is 14.1. The van der Waals surface area contributed by atoms with E-state index in [9.17, 15) is 9.50 Å². The first-order valence-corrected chi connectivity index (χ1v) is 7.73. The van der Waals surface area contributed by atoms with E-state index in [2.05, 4.69) is 38.5 Å². The van der Waals surface area contributed by atoms with Crippen LogP contribution < -0.4 is 4.74 Å². The number of rotatable bonds is 3. The van der Waals surface area contributed by atoms with Crippen molar-refractivity contribution >= 4 is 49.9 Å². The van der Waals surface area contributed by atoms with Crippen LogP contribution in [0.2, 0.25) is 0 Å². The lowest BCUT2D eigenvalue weighted by Crippen LogP contribution is -2.02. The van der Waals surface area contributed by atoms with Gasteiger partial charge in [0.1, 0.15) is 17.7 Å². The van der Waals surface area contributed by atoms with Crippen LogP contribution in [-0.2, 0) is 0 Å². The Balaban J connectivity index is 2.46. The van der Waals surface area contributed by atoms with Gasteiger partial charge in [-0.05, 0) is 61.6 Å². The molecular formula is C12H9BrFIO2S. The molecule has 1 atom stereocenters. The summed E-state index contributed by atoms with van der Waals surface area (Å²) in [6.45, 7) is 0. The zero-order valence-electron chi connectivity index (χ0n) is 9.28. The summed E-state index contributed by atoms with van der Waals surface area (Å²) in [5.74, 6) is -0.0768. The summed E-state index contributed by atoms with van der Waals surface area (Å²) >= 11 is 6.85. The molecular weight excluding hydrogens is 434 g/mol.